The van der Waals surface area contributed by atoms with Crippen LogP contribution in [0.1, 0.15) is 19.4 Å². The number of halogens is 2. The molecular formula is C9H8BrClN2. The summed E-state index contributed by atoms with van der Waals surface area (Å²) in [4.78, 5) is 3.90. The van der Waals surface area contributed by atoms with Crippen molar-refractivity contribution in [1.29, 1.82) is 5.26 Å². The van der Waals surface area contributed by atoms with E-state index >= 15 is 0 Å². The maximum absolute atomic E-state index is 8.93. The Morgan fingerprint density at radius 2 is 2.23 bits per heavy atom. The van der Waals surface area contributed by atoms with Crippen LogP contribution in [0.15, 0.2) is 16.7 Å². The Balaban J connectivity index is 3.30. The van der Waals surface area contributed by atoms with Gasteiger partial charge in [0.05, 0.1) is 11.5 Å². The fourth-order valence-electron chi connectivity index (χ4n) is 0.952. The van der Waals surface area contributed by atoms with Crippen LogP contribution >= 0.6 is 27.5 Å². The summed E-state index contributed by atoms with van der Waals surface area (Å²) in [5.41, 5.74) is 0.306. The second-order valence-electron chi connectivity index (χ2n) is 3.22. The summed E-state index contributed by atoms with van der Waals surface area (Å²) in [6.07, 6.45) is 1.61. The van der Waals surface area contributed by atoms with Crippen molar-refractivity contribution in [2.45, 2.75) is 19.3 Å². The zero-order chi connectivity index (χ0) is 10.1. The van der Waals surface area contributed by atoms with E-state index in [0.717, 1.165) is 10.0 Å². The van der Waals surface area contributed by atoms with Crippen molar-refractivity contribution in [2.75, 3.05) is 0 Å². The molecule has 0 aliphatic carbocycles. The Morgan fingerprint density at radius 3 is 2.77 bits per heavy atom. The first kappa shape index (κ1) is 10.5. The maximum Gasteiger partial charge on any atom is 0.129 e. The molecule has 0 amide bonds. The molecule has 0 aliphatic heterocycles. The summed E-state index contributed by atoms with van der Waals surface area (Å²) >= 11 is 9.07. The van der Waals surface area contributed by atoms with Crippen LogP contribution < -0.4 is 0 Å². The molecule has 0 aromatic carbocycles. The molecule has 1 rings (SSSR count). The average Bonchev–Trinajstić information content (AvgIpc) is 2.09. The van der Waals surface area contributed by atoms with Gasteiger partial charge < -0.3 is 0 Å². The van der Waals surface area contributed by atoms with Crippen LogP contribution in [0.2, 0.25) is 5.15 Å². The molecule has 13 heavy (non-hydrogen) atoms. The summed E-state index contributed by atoms with van der Waals surface area (Å²) in [5, 5.41) is 9.33. The molecule has 0 unspecified atom stereocenters. The quantitative estimate of drug-likeness (QED) is 0.726. The fourth-order valence-corrected chi connectivity index (χ4v) is 1.82. The second kappa shape index (κ2) is 3.65. The lowest BCUT2D eigenvalue weighted by Gasteiger charge is -2.17. The SMILES string of the molecule is CC(C)(C#N)c1cc(Cl)ncc1Br. The molecule has 2 nitrogen and oxygen atoms in total. The Morgan fingerprint density at radius 1 is 1.62 bits per heavy atom. The van der Waals surface area contributed by atoms with Crippen LogP contribution in [0.4, 0.5) is 0 Å². The third-order valence-corrected chi connectivity index (χ3v) is 2.61. The van der Waals surface area contributed by atoms with Crippen LogP contribution in [-0.4, -0.2) is 4.98 Å². The van der Waals surface area contributed by atoms with Gasteiger partial charge in [-0.05, 0) is 41.4 Å². The summed E-state index contributed by atoms with van der Waals surface area (Å²) in [6, 6.07) is 3.91. The Bertz CT molecular complexity index is 368. The minimum Gasteiger partial charge on any atom is -0.243 e. The van der Waals surface area contributed by atoms with E-state index in [1.807, 2.05) is 13.8 Å². The molecule has 0 radical (unpaired) electrons. The first-order chi connectivity index (χ1) is 5.97. The highest BCUT2D eigenvalue weighted by atomic mass is 79.9. The van der Waals surface area contributed by atoms with Crippen molar-refractivity contribution in [3.63, 3.8) is 0 Å². The van der Waals surface area contributed by atoms with Gasteiger partial charge >= 0.3 is 0 Å². The van der Waals surface area contributed by atoms with Crippen molar-refractivity contribution < 1.29 is 0 Å². The minimum absolute atomic E-state index is 0.404. The van der Waals surface area contributed by atoms with Crippen molar-refractivity contribution in [1.82, 2.24) is 4.98 Å². The summed E-state index contributed by atoms with van der Waals surface area (Å²) in [7, 11) is 0. The highest BCUT2D eigenvalue weighted by Gasteiger charge is 2.22. The van der Waals surface area contributed by atoms with Crippen LogP contribution in [0.5, 0.6) is 0 Å². The normalized spacial score (nSPS) is 11.0. The minimum atomic E-state index is -0.550. The van der Waals surface area contributed by atoms with Crippen LogP contribution in [0, 0.1) is 11.3 Å². The van der Waals surface area contributed by atoms with Crippen molar-refractivity contribution in [3.05, 3.63) is 27.5 Å². The highest BCUT2D eigenvalue weighted by Crippen LogP contribution is 2.30. The van der Waals surface area contributed by atoms with Gasteiger partial charge in [0.2, 0.25) is 0 Å². The number of nitrogens with zero attached hydrogens (tertiary/aromatic N) is 2. The number of aromatic nitrogens is 1. The van der Waals surface area contributed by atoms with Gasteiger partial charge in [-0.15, -0.1) is 0 Å². The Kier molecular flexibility index (Phi) is 2.94. The van der Waals surface area contributed by atoms with E-state index in [0.29, 0.717) is 5.15 Å². The van der Waals surface area contributed by atoms with E-state index in [-0.39, 0.29) is 0 Å². The summed E-state index contributed by atoms with van der Waals surface area (Å²) < 4.78 is 0.809. The molecule has 1 aromatic heterocycles. The van der Waals surface area contributed by atoms with Gasteiger partial charge in [-0.25, -0.2) is 4.98 Å². The van der Waals surface area contributed by atoms with Gasteiger partial charge in [0.25, 0.3) is 0 Å². The lowest BCUT2D eigenvalue weighted by Crippen LogP contribution is -2.14. The smallest absolute Gasteiger partial charge is 0.129 e. The van der Waals surface area contributed by atoms with Crippen LogP contribution in [0.3, 0.4) is 0 Å². The van der Waals surface area contributed by atoms with Crippen molar-refractivity contribution in [3.8, 4) is 6.07 Å². The fraction of sp³-hybridized carbons (Fsp3) is 0.333. The van der Waals surface area contributed by atoms with Gasteiger partial charge in [0, 0.05) is 10.7 Å². The first-order valence-electron chi connectivity index (χ1n) is 3.70. The van der Waals surface area contributed by atoms with Gasteiger partial charge in [-0.2, -0.15) is 5.26 Å². The van der Waals surface area contributed by atoms with Crippen LogP contribution in [-0.2, 0) is 5.41 Å². The van der Waals surface area contributed by atoms with E-state index in [1.54, 1.807) is 12.3 Å². The van der Waals surface area contributed by atoms with Gasteiger partial charge in [0.1, 0.15) is 5.15 Å². The molecule has 0 fully saturated rings. The van der Waals surface area contributed by atoms with E-state index in [9.17, 15) is 0 Å². The molecule has 0 spiro atoms. The largest absolute Gasteiger partial charge is 0.243 e. The van der Waals surface area contributed by atoms with E-state index < -0.39 is 5.41 Å². The molecule has 0 saturated heterocycles. The molecular weight excluding hydrogens is 251 g/mol. The van der Waals surface area contributed by atoms with Gasteiger partial charge in [-0.3, -0.25) is 0 Å². The third kappa shape index (κ3) is 2.20. The summed E-state index contributed by atoms with van der Waals surface area (Å²) in [6.45, 7) is 3.67. The van der Waals surface area contributed by atoms with Gasteiger partial charge in [-0.1, -0.05) is 11.6 Å². The highest BCUT2D eigenvalue weighted by molar-refractivity contribution is 9.10. The molecule has 1 heterocycles. The van der Waals surface area contributed by atoms with E-state index in [4.69, 9.17) is 16.9 Å². The maximum atomic E-state index is 8.93. The molecule has 1 aromatic rings. The topological polar surface area (TPSA) is 36.7 Å². The lowest BCUT2D eigenvalue weighted by molar-refractivity contribution is 0.681. The lowest BCUT2D eigenvalue weighted by atomic mass is 9.87. The zero-order valence-corrected chi connectivity index (χ0v) is 9.65. The predicted octanol–water partition coefficient (Wildman–Crippen LogP) is 3.30. The number of hydrogen-bond donors (Lipinski definition) is 0. The van der Waals surface area contributed by atoms with E-state index in [2.05, 4.69) is 27.0 Å². The van der Waals surface area contributed by atoms with Gasteiger partial charge in [0.15, 0.2) is 0 Å². The molecule has 0 atom stereocenters. The summed E-state index contributed by atoms with van der Waals surface area (Å²) in [5.74, 6) is 0. The molecule has 0 bridgehead atoms. The zero-order valence-electron chi connectivity index (χ0n) is 7.31. The Labute approximate surface area is 90.7 Å². The van der Waals surface area contributed by atoms with Crippen LogP contribution in [0.25, 0.3) is 0 Å². The first-order valence-corrected chi connectivity index (χ1v) is 4.87. The molecule has 4 heteroatoms. The second-order valence-corrected chi connectivity index (χ2v) is 4.47. The molecule has 68 valence electrons. The number of rotatable bonds is 1. The van der Waals surface area contributed by atoms with Crippen molar-refractivity contribution in [2.24, 2.45) is 0 Å². The van der Waals surface area contributed by atoms with Crippen molar-refractivity contribution >= 4 is 27.5 Å². The monoisotopic (exact) mass is 258 g/mol. The molecule has 0 N–H and O–H groups in total. The third-order valence-electron chi connectivity index (χ3n) is 1.77. The van der Waals surface area contributed by atoms with E-state index in [1.165, 1.54) is 0 Å². The molecule has 0 saturated carbocycles. The standard InChI is InChI=1S/C9H8BrClN2/c1-9(2,5-12)6-3-8(11)13-4-7(6)10/h3-4H,1-2H3. The number of nitriles is 1. The molecule has 0 aliphatic rings. The Hall–Kier alpha value is -0.590. The number of pyridine rings is 1. The predicted molar refractivity (Wildman–Crippen MR) is 55.6 cm³/mol. The average molecular weight is 260 g/mol. The number of hydrogen-bond acceptors (Lipinski definition) is 2.